The highest BCUT2D eigenvalue weighted by Crippen LogP contribution is 2.29. The fourth-order valence-corrected chi connectivity index (χ4v) is 2.96. The topological polar surface area (TPSA) is 34.1 Å². The van der Waals surface area contributed by atoms with Gasteiger partial charge in [0, 0.05) is 22.3 Å². The summed E-state index contributed by atoms with van der Waals surface area (Å²) in [7, 11) is 3.71. The molecule has 0 spiro atoms. The first kappa shape index (κ1) is 16.1. The highest BCUT2D eigenvalue weighted by Gasteiger charge is 2.21. The van der Waals surface area contributed by atoms with Gasteiger partial charge in [0.1, 0.15) is 0 Å². The number of halogens is 2. The second-order valence-corrected chi connectivity index (χ2v) is 6.63. The van der Waals surface area contributed by atoms with Crippen molar-refractivity contribution in [2.24, 2.45) is 0 Å². The number of hydrogen-bond acceptors (Lipinski definition) is 3. The third kappa shape index (κ3) is 4.61. The SMILES string of the molecule is CNC(CCC(C)(C)OC)c1ncc(Br)cc1Br. The van der Waals surface area contributed by atoms with E-state index in [1.807, 2.05) is 19.3 Å². The summed E-state index contributed by atoms with van der Waals surface area (Å²) in [5.74, 6) is 0. The van der Waals surface area contributed by atoms with E-state index in [1.165, 1.54) is 0 Å². The van der Waals surface area contributed by atoms with Crippen LogP contribution in [0.4, 0.5) is 0 Å². The van der Waals surface area contributed by atoms with Crippen molar-refractivity contribution in [1.82, 2.24) is 10.3 Å². The van der Waals surface area contributed by atoms with E-state index in [1.54, 1.807) is 7.11 Å². The van der Waals surface area contributed by atoms with Gasteiger partial charge in [-0.2, -0.15) is 0 Å². The fraction of sp³-hybridized carbons (Fsp3) is 0.615. The monoisotopic (exact) mass is 378 g/mol. The van der Waals surface area contributed by atoms with Crippen LogP contribution in [0.2, 0.25) is 0 Å². The zero-order chi connectivity index (χ0) is 13.8. The van der Waals surface area contributed by atoms with Crippen LogP contribution in [-0.4, -0.2) is 24.7 Å². The van der Waals surface area contributed by atoms with Gasteiger partial charge in [0.05, 0.1) is 17.3 Å². The molecule has 1 heterocycles. The molecule has 1 rings (SSSR count). The summed E-state index contributed by atoms with van der Waals surface area (Å²) in [5.41, 5.74) is 0.935. The van der Waals surface area contributed by atoms with Crippen molar-refractivity contribution in [2.75, 3.05) is 14.2 Å². The number of nitrogens with zero attached hydrogens (tertiary/aromatic N) is 1. The van der Waals surface area contributed by atoms with Gasteiger partial charge in [-0.05, 0) is 71.7 Å². The second kappa shape index (κ2) is 6.98. The molecule has 0 aromatic carbocycles. The quantitative estimate of drug-likeness (QED) is 0.808. The Morgan fingerprint density at radius 1 is 1.44 bits per heavy atom. The van der Waals surface area contributed by atoms with Gasteiger partial charge in [-0.15, -0.1) is 0 Å². The summed E-state index contributed by atoms with van der Waals surface area (Å²) in [6.07, 6.45) is 3.77. The minimum absolute atomic E-state index is 0.100. The second-order valence-electron chi connectivity index (χ2n) is 4.86. The first-order valence-electron chi connectivity index (χ1n) is 5.93. The molecule has 0 radical (unpaired) electrons. The molecule has 0 aliphatic carbocycles. The van der Waals surface area contributed by atoms with Crippen molar-refractivity contribution in [3.8, 4) is 0 Å². The fourth-order valence-electron chi connectivity index (χ4n) is 1.69. The Hall–Kier alpha value is 0.0300. The smallest absolute Gasteiger partial charge is 0.0715 e. The van der Waals surface area contributed by atoms with Gasteiger partial charge in [-0.1, -0.05) is 0 Å². The van der Waals surface area contributed by atoms with Crippen molar-refractivity contribution in [1.29, 1.82) is 0 Å². The van der Waals surface area contributed by atoms with E-state index in [2.05, 4.69) is 56.0 Å². The van der Waals surface area contributed by atoms with Crippen molar-refractivity contribution in [3.05, 3.63) is 26.9 Å². The molecule has 3 nitrogen and oxygen atoms in total. The van der Waals surface area contributed by atoms with Crippen LogP contribution in [0.5, 0.6) is 0 Å². The van der Waals surface area contributed by atoms with E-state index in [9.17, 15) is 0 Å². The Balaban J connectivity index is 2.77. The van der Waals surface area contributed by atoms with Crippen LogP contribution >= 0.6 is 31.9 Å². The van der Waals surface area contributed by atoms with Crippen LogP contribution in [0.25, 0.3) is 0 Å². The molecular formula is C13H20Br2N2O. The number of methoxy groups -OCH3 is 1. The standard InChI is InChI=1S/C13H20Br2N2O/c1-13(2,18-4)6-5-11(16-3)12-10(15)7-9(14)8-17-12/h7-8,11,16H,5-6H2,1-4H3. The third-order valence-corrected chi connectivity index (χ3v) is 4.17. The molecule has 0 fully saturated rings. The Kier molecular flexibility index (Phi) is 6.24. The third-order valence-electron chi connectivity index (χ3n) is 3.10. The van der Waals surface area contributed by atoms with Gasteiger partial charge in [-0.3, -0.25) is 4.98 Å². The number of pyridine rings is 1. The van der Waals surface area contributed by atoms with E-state index in [0.29, 0.717) is 0 Å². The molecule has 0 saturated heterocycles. The maximum absolute atomic E-state index is 5.45. The van der Waals surface area contributed by atoms with Crippen molar-refractivity contribution in [3.63, 3.8) is 0 Å². The summed E-state index contributed by atoms with van der Waals surface area (Å²) >= 11 is 6.98. The summed E-state index contributed by atoms with van der Waals surface area (Å²) in [5, 5.41) is 3.31. The molecule has 5 heteroatoms. The lowest BCUT2D eigenvalue weighted by molar-refractivity contribution is 0.0117. The Morgan fingerprint density at radius 2 is 2.11 bits per heavy atom. The van der Waals surface area contributed by atoms with Gasteiger partial charge in [0.2, 0.25) is 0 Å². The van der Waals surface area contributed by atoms with Gasteiger partial charge < -0.3 is 10.1 Å². The molecule has 1 aromatic rings. The predicted octanol–water partition coefficient (Wildman–Crippen LogP) is 4.07. The minimum atomic E-state index is -0.100. The number of ether oxygens (including phenoxy) is 1. The molecule has 1 unspecified atom stereocenters. The highest BCUT2D eigenvalue weighted by molar-refractivity contribution is 9.11. The summed E-state index contributed by atoms with van der Waals surface area (Å²) in [6, 6.07) is 2.25. The molecule has 0 saturated carbocycles. The zero-order valence-corrected chi connectivity index (χ0v) is 14.4. The Morgan fingerprint density at radius 3 is 2.61 bits per heavy atom. The Labute approximate surface area is 126 Å². The zero-order valence-electron chi connectivity index (χ0n) is 11.3. The molecule has 0 aliphatic heterocycles. The van der Waals surface area contributed by atoms with Gasteiger partial charge >= 0.3 is 0 Å². The largest absolute Gasteiger partial charge is 0.379 e. The highest BCUT2D eigenvalue weighted by atomic mass is 79.9. The van der Waals surface area contributed by atoms with Gasteiger partial charge in [-0.25, -0.2) is 0 Å². The molecule has 0 aliphatic rings. The van der Waals surface area contributed by atoms with Crippen LogP contribution in [0.15, 0.2) is 21.2 Å². The molecule has 1 atom stereocenters. The van der Waals surface area contributed by atoms with Crippen LogP contribution < -0.4 is 5.32 Å². The van der Waals surface area contributed by atoms with Crippen molar-refractivity contribution in [2.45, 2.75) is 38.3 Å². The first-order valence-corrected chi connectivity index (χ1v) is 7.51. The molecule has 1 N–H and O–H groups in total. The maximum Gasteiger partial charge on any atom is 0.0715 e. The van der Waals surface area contributed by atoms with Crippen LogP contribution in [-0.2, 0) is 4.74 Å². The van der Waals surface area contributed by atoms with Gasteiger partial charge in [0.25, 0.3) is 0 Å². The summed E-state index contributed by atoms with van der Waals surface area (Å²) in [4.78, 5) is 4.48. The molecule has 102 valence electrons. The van der Waals surface area contributed by atoms with E-state index >= 15 is 0 Å². The van der Waals surface area contributed by atoms with E-state index in [0.717, 1.165) is 27.5 Å². The molecule has 18 heavy (non-hydrogen) atoms. The number of rotatable bonds is 6. The average Bonchev–Trinajstić information content (AvgIpc) is 2.32. The number of hydrogen-bond donors (Lipinski definition) is 1. The van der Waals surface area contributed by atoms with Crippen molar-refractivity contribution >= 4 is 31.9 Å². The maximum atomic E-state index is 5.45. The minimum Gasteiger partial charge on any atom is -0.379 e. The van der Waals surface area contributed by atoms with Crippen molar-refractivity contribution < 1.29 is 4.74 Å². The van der Waals surface area contributed by atoms with Crippen LogP contribution in [0, 0.1) is 0 Å². The van der Waals surface area contributed by atoms with Gasteiger partial charge in [0.15, 0.2) is 0 Å². The van der Waals surface area contributed by atoms with E-state index < -0.39 is 0 Å². The lowest BCUT2D eigenvalue weighted by Crippen LogP contribution is -2.26. The van der Waals surface area contributed by atoms with E-state index in [-0.39, 0.29) is 11.6 Å². The molecule has 0 amide bonds. The molecule has 0 bridgehead atoms. The average molecular weight is 380 g/mol. The molecule has 1 aromatic heterocycles. The lowest BCUT2D eigenvalue weighted by atomic mass is 9.97. The van der Waals surface area contributed by atoms with Crippen LogP contribution in [0.3, 0.4) is 0 Å². The van der Waals surface area contributed by atoms with Crippen LogP contribution in [0.1, 0.15) is 38.4 Å². The Bertz CT molecular complexity index is 397. The predicted molar refractivity (Wildman–Crippen MR) is 81.8 cm³/mol. The summed E-state index contributed by atoms with van der Waals surface area (Å²) in [6.45, 7) is 4.20. The number of aromatic nitrogens is 1. The first-order chi connectivity index (χ1) is 8.39. The van der Waals surface area contributed by atoms with E-state index in [4.69, 9.17) is 4.74 Å². The lowest BCUT2D eigenvalue weighted by Gasteiger charge is -2.26. The summed E-state index contributed by atoms with van der Waals surface area (Å²) < 4.78 is 7.45. The normalized spacial score (nSPS) is 13.7. The molecular weight excluding hydrogens is 360 g/mol. The number of nitrogens with one attached hydrogen (secondary N) is 1.